The number of amides is 2. The van der Waals surface area contributed by atoms with Gasteiger partial charge in [-0.3, -0.25) is 14.7 Å². The Balaban J connectivity index is 2.14. The maximum Gasteiger partial charge on any atom is 0.277 e. The Labute approximate surface area is 159 Å². The van der Waals surface area contributed by atoms with Crippen LogP contribution in [0.4, 0.5) is 5.69 Å². The van der Waals surface area contributed by atoms with Crippen molar-refractivity contribution in [3.05, 3.63) is 44.6 Å². The van der Waals surface area contributed by atoms with Crippen molar-refractivity contribution >= 4 is 45.0 Å². The van der Waals surface area contributed by atoms with E-state index in [4.69, 9.17) is 11.6 Å². The fourth-order valence-corrected chi connectivity index (χ4v) is 3.26. The maximum atomic E-state index is 12.4. The van der Waals surface area contributed by atoms with Gasteiger partial charge < -0.3 is 10.6 Å². The number of benzene rings is 1. The first-order chi connectivity index (χ1) is 11.8. The third-order valence-corrected chi connectivity index (χ3v) is 4.65. The minimum absolute atomic E-state index is 0.207. The summed E-state index contributed by atoms with van der Waals surface area (Å²) in [5, 5.41) is 12.7. The topological polar surface area (TPSA) is 86.9 Å². The molecule has 0 aliphatic heterocycles. The smallest absolute Gasteiger partial charge is 0.277 e. The molecule has 25 heavy (non-hydrogen) atoms. The first-order valence-corrected chi connectivity index (χ1v) is 9.15. The molecule has 0 aliphatic carbocycles. The number of anilines is 1. The molecule has 2 amide bonds. The average molecular weight is 428 g/mol. The van der Waals surface area contributed by atoms with Crippen molar-refractivity contribution in [1.82, 2.24) is 15.5 Å². The molecule has 6 nitrogen and oxygen atoms in total. The molecule has 0 radical (unpaired) electrons. The van der Waals surface area contributed by atoms with E-state index < -0.39 is 0 Å². The van der Waals surface area contributed by atoms with Gasteiger partial charge in [-0.15, -0.1) is 0 Å². The van der Waals surface area contributed by atoms with E-state index in [1.165, 1.54) is 0 Å². The van der Waals surface area contributed by atoms with Crippen molar-refractivity contribution in [3.8, 4) is 0 Å². The molecule has 0 saturated heterocycles. The number of carbonyl (C=O) groups excluding carboxylic acids is 2. The molecule has 134 valence electrons. The lowest BCUT2D eigenvalue weighted by atomic mass is 10.1. The predicted molar refractivity (Wildman–Crippen MR) is 102 cm³/mol. The highest BCUT2D eigenvalue weighted by Gasteiger charge is 2.20. The van der Waals surface area contributed by atoms with E-state index in [-0.39, 0.29) is 28.4 Å². The largest absolute Gasteiger partial charge is 0.352 e. The molecule has 1 heterocycles. The summed E-state index contributed by atoms with van der Waals surface area (Å²) in [4.78, 5) is 24.4. The number of nitrogens with one attached hydrogen (secondary N) is 3. The van der Waals surface area contributed by atoms with Gasteiger partial charge in [0, 0.05) is 12.2 Å². The zero-order valence-corrected chi connectivity index (χ0v) is 16.6. The Morgan fingerprint density at radius 2 is 2.04 bits per heavy atom. The van der Waals surface area contributed by atoms with Gasteiger partial charge in [-0.1, -0.05) is 32.4 Å². The van der Waals surface area contributed by atoms with Gasteiger partial charge >= 0.3 is 0 Å². The number of carbonyl (C=O) groups is 2. The van der Waals surface area contributed by atoms with Gasteiger partial charge in [-0.25, -0.2) is 0 Å². The zero-order chi connectivity index (χ0) is 18.6. The first kappa shape index (κ1) is 19.5. The van der Waals surface area contributed by atoms with E-state index in [1.54, 1.807) is 18.2 Å². The summed E-state index contributed by atoms with van der Waals surface area (Å²) in [6.45, 7) is 6.56. The number of halogens is 2. The molecule has 0 atom stereocenters. The monoisotopic (exact) mass is 426 g/mol. The molecule has 8 heteroatoms. The van der Waals surface area contributed by atoms with Crippen LogP contribution < -0.4 is 10.6 Å². The molecule has 1 aromatic carbocycles. The minimum atomic E-state index is -0.366. The Hall–Kier alpha value is -1.86. The van der Waals surface area contributed by atoms with Crippen LogP contribution in [0.15, 0.2) is 22.7 Å². The number of hydrogen-bond donors (Lipinski definition) is 3. The zero-order valence-electron chi connectivity index (χ0n) is 14.2. The molecular weight excluding hydrogens is 408 g/mol. The fraction of sp³-hybridized carbons (Fsp3) is 0.353. The third-order valence-electron chi connectivity index (χ3n) is 3.53. The van der Waals surface area contributed by atoms with Crippen molar-refractivity contribution in [3.63, 3.8) is 0 Å². The van der Waals surface area contributed by atoms with E-state index in [1.807, 2.05) is 20.8 Å². The van der Waals surface area contributed by atoms with E-state index in [9.17, 15) is 9.59 Å². The van der Waals surface area contributed by atoms with Crippen LogP contribution in [0, 0.1) is 0 Å². The van der Waals surface area contributed by atoms with Crippen molar-refractivity contribution in [2.45, 2.75) is 33.1 Å². The maximum absolute atomic E-state index is 12.4. The third kappa shape index (κ3) is 4.61. The molecule has 0 bridgehead atoms. The van der Waals surface area contributed by atoms with E-state index >= 15 is 0 Å². The molecule has 0 spiro atoms. The number of hydrogen-bond acceptors (Lipinski definition) is 3. The SMILES string of the molecule is CCCNC(=O)c1ccc(NC(=O)c2n[nH]c(C(C)C)c2Br)cc1Cl. The van der Waals surface area contributed by atoms with Gasteiger partial charge in [0.15, 0.2) is 5.69 Å². The number of H-pyrrole nitrogens is 1. The number of aromatic amines is 1. The van der Waals surface area contributed by atoms with Crippen LogP contribution in [0.2, 0.25) is 5.02 Å². The lowest BCUT2D eigenvalue weighted by Crippen LogP contribution is -2.24. The van der Waals surface area contributed by atoms with Gasteiger partial charge in [-0.2, -0.15) is 5.10 Å². The van der Waals surface area contributed by atoms with Crippen LogP contribution in [0.3, 0.4) is 0 Å². The first-order valence-electron chi connectivity index (χ1n) is 7.98. The summed E-state index contributed by atoms with van der Waals surface area (Å²) < 4.78 is 0.640. The van der Waals surface area contributed by atoms with Gasteiger partial charge in [0.25, 0.3) is 11.8 Å². The lowest BCUT2D eigenvalue weighted by molar-refractivity contribution is 0.0953. The molecule has 3 N–H and O–H groups in total. The summed E-state index contributed by atoms with van der Waals surface area (Å²) >= 11 is 9.57. The lowest BCUT2D eigenvalue weighted by Gasteiger charge is -2.09. The Morgan fingerprint density at radius 1 is 1.32 bits per heavy atom. The molecule has 0 unspecified atom stereocenters. The number of rotatable bonds is 6. The van der Waals surface area contributed by atoms with Crippen LogP contribution in [-0.2, 0) is 0 Å². The summed E-state index contributed by atoms with van der Waals surface area (Å²) in [5.74, 6) is -0.394. The normalized spacial score (nSPS) is 10.8. The van der Waals surface area contributed by atoms with E-state index in [0.717, 1.165) is 12.1 Å². The van der Waals surface area contributed by atoms with Crippen LogP contribution >= 0.6 is 27.5 Å². The highest BCUT2D eigenvalue weighted by molar-refractivity contribution is 9.10. The van der Waals surface area contributed by atoms with E-state index in [0.29, 0.717) is 22.3 Å². The standard InChI is InChI=1S/C17H20BrClN4O2/c1-4-7-20-16(24)11-6-5-10(8-12(11)19)21-17(25)15-13(18)14(9(2)3)22-23-15/h5-6,8-9H,4,7H2,1-3H3,(H,20,24)(H,21,25)(H,22,23). The van der Waals surface area contributed by atoms with Gasteiger partial charge in [-0.05, 0) is 46.5 Å². The van der Waals surface area contributed by atoms with Gasteiger partial charge in [0.05, 0.1) is 20.8 Å². The molecule has 0 aliphatic rings. The number of aromatic nitrogens is 2. The van der Waals surface area contributed by atoms with Gasteiger partial charge in [0.1, 0.15) is 0 Å². The Bertz CT molecular complexity index is 789. The predicted octanol–water partition coefficient (Wildman–Crippen LogP) is 4.34. The summed E-state index contributed by atoms with van der Waals surface area (Å²) in [7, 11) is 0. The highest BCUT2D eigenvalue weighted by Crippen LogP contribution is 2.27. The van der Waals surface area contributed by atoms with Gasteiger partial charge in [0.2, 0.25) is 0 Å². The molecular formula is C17H20BrClN4O2. The van der Waals surface area contributed by atoms with Crippen LogP contribution in [-0.4, -0.2) is 28.6 Å². The molecule has 0 saturated carbocycles. The van der Waals surface area contributed by atoms with Crippen LogP contribution in [0.5, 0.6) is 0 Å². The molecule has 1 aromatic heterocycles. The average Bonchev–Trinajstić information content (AvgIpc) is 2.94. The van der Waals surface area contributed by atoms with Crippen molar-refractivity contribution in [1.29, 1.82) is 0 Å². The quantitative estimate of drug-likeness (QED) is 0.641. The molecule has 2 rings (SSSR count). The minimum Gasteiger partial charge on any atom is -0.352 e. The summed E-state index contributed by atoms with van der Waals surface area (Å²) in [6.07, 6.45) is 0.842. The fourth-order valence-electron chi connectivity index (χ4n) is 2.18. The highest BCUT2D eigenvalue weighted by atomic mass is 79.9. The Kier molecular flexibility index (Phi) is 6.61. The molecule has 2 aromatic rings. The Morgan fingerprint density at radius 3 is 2.60 bits per heavy atom. The second-order valence-corrected chi connectivity index (χ2v) is 7.06. The van der Waals surface area contributed by atoms with Crippen LogP contribution in [0.25, 0.3) is 0 Å². The second kappa shape index (κ2) is 8.49. The van der Waals surface area contributed by atoms with Crippen molar-refractivity contribution in [2.75, 3.05) is 11.9 Å². The second-order valence-electron chi connectivity index (χ2n) is 5.86. The summed E-state index contributed by atoms with van der Waals surface area (Å²) in [6, 6.07) is 4.76. The van der Waals surface area contributed by atoms with Crippen molar-refractivity contribution < 1.29 is 9.59 Å². The summed E-state index contributed by atoms with van der Waals surface area (Å²) in [5.41, 5.74) is 1.98. The van der Waals surface area contributed by atoms with Crippen LogP contribution in [0.1, 0.15) is 59.7 Å². The number of nitrogens with zero attached hydrogens (tertiary/aromatic N) is 1. The van der Waals surface area contributed by atoms with E-state index in [2.05, 4.69) is 36.8 Å². The van der Waals surface area contributed by atoms with Crippen molar-refractivity contribution in [2.24, 2.45) is 0 Å². The molecule has 0 fully saturated rings.